The number of hydrogen-bond donors (Lipinski definition) is 0. The molecule has 0 saturated carbocycles. The van der Waals surface area contributed by atoms with Gasteiger partial charge < -0.3 is 9.12 Å². The molecule has 0 fully saturated rings. The number of aromatic nitrogens is 1. The maximum atomic E-state index is 11.6. The van der Waals surface area contributed by atoms with Gasteiger partial charge in [-0.1, -0.05) is 103 Å². The summed E-state index contributed by atoms with van der Waals surface area (Å²) in [5, 5.41) is 1.52. The van der Waals surface area contributed by atoms with Crippen molar-refractivity contribution in [2.45, 2.75) is 117 Å². The number of unbranched alkanes of at least 4 members (excludes halogenated alkanes) is 2. The van der Waals surface area contributed by atoms with Crippen LogP contribution in [0, 0.1) is 11.8 Å². The van der Waals surface area contributed by atoms with Crippen LogP contribution in [0.1, 0.15) is 104 Å². The molecule has 3 atom stereocenters. The van der Waals surface area contributed by atoms with Gasteiger partial charge in [0.1, 0.15) is 0 Å². The van der Waals surface area contributed by atoms with Gasteiger partial charge in [-0.25, -0.2) is 8.42 Å². The first-order valence-corrected chi connectivity index (χ1v) is 16.2. The fourth-order valence-electron chi connectivity index (χ4n) is 5.69. The van der Waals surface area contributed by atoms with Crippen LogP contribution in [0.4, 0.5) is 0 Å². The third-order valence-corrected chi connectivity index (χ3v) is 9.60. The Hall–Kier alpha value is -0.850. The molecular weight excluding hydrogens is 501 g/mol. The van der Waals surface area contributed by atoms with Crippen molar-refractivity contribution in [3.8, 4) is 0 Å². The number of hydrogen-bond acceptors (Lipinski definition) is 3. The van der Waals surface area contributed by atoms with Crippen LogP contribution in [0.25, 0.3) is 21.8 Å². The molecule has 0 aliphatic rings. The maximum absolute atomic E-state index is 11.6. The molecule has 3 rings (SSSR count). The van der Waals surface area contributed by atoms with Crippen molar-refractivity contribution < 1.29 is 42.5 Å². The average molecular weight is 550 g/mol. The molecule has 3 unspecified atom stereocenters. The summed E-state index contributed by atoms with van der Waals surface area (Å²) < 4.78 is 37.2. The molecule has 0 saturated heterocycles. The number of benzene rings is 2. The van der Waals surface area contributed by atoms with Gasteiger partial charge in [-0.05, 0) is 61.3 Å². The number of fused-ring (bicyclic) bond motifs is 3. The van der Waals surface area contributed by atoms with Crippen molar-refractivity contribution in [3.63, 3.8) is 0 Å². The summed E-state index contributed by atoms with van der Waals surface area (Å²) >= 11 is 0. The van der Waals surface area contributed by atoms with Crippen LogP contribution in [-0.2, 0) is 29.5 Å². The second-order valence-electron chi connectivity index (χ2n) is 11.2. The van der Waals surface area contributed by atoms with Crippen LogP contribution in [-0.4, -0.2) is 22.8 Å². The molecule has 1 heterocycles. The largest absolute Gasteiger partial charge is 1.00 e. The van der Waals surface area contributed by atoms with Crippen LogP contribution in [0.15, 0.2) is 36.4 Å². The average Bonchev–Trinajstić information content (AvgIpc) is 3.18. The fourth-order valence-corrected chi connectivity index (χ4v) is 6.08. The van der Waals surface area contributed by atoms with Crippen LogP contribution in [0.3, 0.4) is 0 Å². The Balaban J connectivity index is 0.00000507. The van der Waals surface area contributed by atoms with E-state index in [9.17, 15) is 13.0 Å². The first kappa shape index (κ1) is 33.4. The molecule has 0 bridgehead atoms. The van der Waals surface area contributed by atoms with E-state index in [2.05, 4.69) is 68.7 Å². The second-order valence-corrected chi connectivity index (χ2v) is 13.0. The molecule has 206 valence electrons. The van der Waals surface area contributed by atoms with E-state index in [0.717, 1.165) is 23.9 Å². The SMILES string of the molecule is CCCCC(CC)Cc1ccc2c3ccc(CC(CC)CCCC)cc3n(CCC(C)S(=O)(=O)[O-])c2c1.[Na+]. The third-order valence-electron chi connectivity index (χ3n) is 8.38. The fraction of sp³-hybridized carbons (Fsp3) is 0.625. The minimum Gasteiger partial charge on any atom is -0.748 e. The molecule has 4 nitrogen and oxygen atoms in total. The van der Waals surface area contributed by atoms with E-state index in [0.29, 0.717) is 24.8 Å². The van der Waals surface area contributed by atoms with Gasteiger partial charge >= 0.3 is 29.6 Å². The van der Waals surface area contributed by atoms with Gasteiger partial charge in [0, 0.05) is 33.6 Å². The molecule has 38 heavy (non-hydrogen) atoms. The summed E-state index contributed by atoms with van der Waals surface area (Å²) in [6, 6.07) is 13.7. The van der Waals surface area contributed by atoms with Gasteiger partial charge in [-0.2, -0.15) is 0 Å². The molecular formula is C32H48NNaO3S. The van der Waals surface area contributed by atoms with Crippen molar-refractivity contribution >= 4 is 31.9 Å². The third kappa shape index (κ3) is 8.83. The van der Waals surface area contributed by atoms with E-state index in [1.807, 2.05) is 0 Å². The van der Waals surface area contributed by atoms with Crippen LogP contribution in [0.2, 0.25) is 0 Å². The van der Waals surface area contributed by atoms with Crippen molar-refractivity contribution in [1.29, 1.82) is 0 Å². The first-order valence-electron chi connectivity index (χ1n) is 14.7. The van der Waals surface area contributed by atoms with Gasteiger partial charge in [-0.3, -0.25) is 0 Å². The minimum absolute atomic E-state index is 0. The quantitative estimate of drug-likeness (QED) is 0.172. The molecule has 0 amide bonds. The summed E-state index contributed by atoms with van der Waals surface area (Å²) in [4.78, 5) is 0. The monoisotopic (exact) mass is 549 g/mol. The molecule has 0 spiro atoms. The van der Waals surface area contributed by atoms with Gasteiger partial charge in [0.05, 0.1) is 10.1 Å². The normalized spacial score (nSPS) is 14.5. The standard InChI is InChI=1S/C32H49NO3S.Na/c1-6-10-12-25(8-3)20-27-14-16-29-30-17-15-28(21-26(9-4)13-11-7-2)23-32(30)33(31(29)22-27)19-18-24(5)37(34,35)36;/h14-17,22-26H,6-13,18-21H2,1-5H3,(H,34,35,36);/q;+1/p-1. The Labute approximate surface area is 254 Å². The van der Waals surface area contributed by atoms with Crippen LogP contribution >= 0.6 is 0 Å². The van der Waals surface area contributed by atoms with Crippen molar-refractivity contribution in [1.82, 2.24) is 4.57 Å². The number of nitrogens with zero attached hydrogens (tertiary/aromatic N) is 1. The summed E-state index contributed by atoms with van der Waals surface area (Å²) in [5.74, 6) is 1.36. The van der Waals surface area contributed by atoms with Gasteiger partial charge in [0.15, 0.2) is 0 Å². The van der Waals surface area contributed by atoms with E-state index in [1.54, 1.807) is 0 Å². The Morgan fingerprint density at radius 3 is 1.58 bits per heavy atom. The summed E-state index contributed by atoms with van der Waals surface area (Å²) in [5.41, 5.74) is 5.00. The Morgan fingerprint density at radius 1 is 0.763 bits per heavy atom. The summed E-state index contributed by atoms with van der Waals surface area (Å²) in [6.07, 6.45) is 12.3. The van der Waals surface area contributed by atoms with E-state index >= 15 is 0 Å². The smallest absolute Gasteiger partial charge is 0.748 e. The van der Waals surface area contributed by atoms with E-state index in [-0.39, 0.29) is 29.6 Å². The van der Waals surface area contributed by atoms with E-state index < -0.39 is 15.4 Å². The van der Waals surface area contributed by atoms with Crippen LogP contribution in [0.5, 0.6) is 0 Å². The molecule has 1 aromatic heterocycles. The summed E-state index contributed by atoms with van der Waals surface area (Å²) in [6.45, 7) is 11.1. The summed E-state index contributed by atoms with van der Waals surface area (Å²) in [7, 11) is -4.30. The molecule has 6 heteroatoms. The predicted molar refractivity (Wildman–Crippen MR) is 157 cm³/mol. The molecule has 0 aliphatic carbocycles. The molecule has 0 aliphatic heterocycles. The van der Waals surface area contributed by atoms with Crippen molar-refractivity contribution in [3.05, 3.63) is 47.5 Å². The number of aryl methyl sites for hydroxylation is 1. The molecule has 0 radical (unpaired) electrons. The Bertz CT molecular complexity index is 1180. The predicted octanol–water partition coefficient (Wildman–Crippen LogP) is 5.64. The first-order chi connectivity index (χ1) is 17.7. The topological polar surface area (TPSA) is 62.1 Å². The van der Waals surface area contributed by atoms with Crippen molar-refractivity contribution in [2.75, 3.05) is 0 Å². The molecule has 3 aromatic rings. The Kier molecular flexibility index (Phi) is 13.9. The zero-order chi connectivity index (χ0) is 27.0. The molecule has 0 N–H and O–H groups in total. The van der Waals surface area contributed by atoms with Crippen molar-refractivity contribution in [2.24, 2.45) is 11.8 Å². The Morgan fingerprint density at radius 2 is 1.21 bits per heavy atom. The zero-order valence-corrected chi connectivity index (χ0v) is 27.6. The number of rotatable bonds is 16. The van der Waals surface area contributed by atoms with Crippen LogP contribution < -0.4 is 29.6 Å². The van der Waals surface area contributed by atoms with Gasteiger partial charge in [0.25, 0.3) is 0 Å². The maximum Gasteiger partial charge on any atom is 1.00 e. The molecule has 2 aromatic carbocycles. The minimum atomic E-state index is -4.30. The second kappa shape index (κ2) is 15.8. The van der Waals surface area contributed by atoms with Gasteiger partial charge in [0.2, 0.25) is 0 Å². The van der Waals surface area contributed by atoms with Gasteiger partial charge in [-0.15, -0.1) is 0 Å². The van der Waals surface area contributed by atoms with E-state index in [1.165, 1.54) is 80.2 Å². The van der Waals surface area contributed by atoms with E-state index in [4.69, 9.17) is 0 Å². The zero-order valence-electron chi connectivity index (χ0n) is 24.8.